The van der Waals surface area contributed by atoms with Gasteiger partial charge in [-0.1, -0.05) is 0 Å². The van der Waals surface area contributed by atoms with Crippen LogP contribution in [0.2, 0.25) is 0 Å². The molecule has 1 N–H and O–H groups in total. The molecular weight excluding hydrogens is 228 g/mol. The molecule has 0 saturated carbocycles. The highest BCUT2D eigenvalue weighted by molar-refractivity contribution is 5.71. The third-order valence-corrected chi connectivity index (χ3v) is 3.43. The summed E-state index contributed by atoms with van der Waals surface area (Å²) in [5.74, 6) is 0.589. The third kappa shape index (κ3) is 2.18. The van der Waals surface area contributed by atoms with Gasteiger partial charge >= 0.3 is 0 Å². The van der Waals surface area contributed by atoms with E-state index < -0.39 is 0 Å². The molecular formula is C13H18N4O. The van der Waals surface area contributed by atoms with Crippen LogP contribution < -0.4 is 10.1 Å². The lowest BCUT2D eigenvalue weighted by atomic mass is 10.0. The molecule has 0 amide bonds. The molecule has 3 heterocycles. The first-order valence-electron chi connectivity index (χ1n) is 6.45. The summed E-state index contributed by atoms with van der Waals surface area (Å²) in [5.41, 5.74) is 1.76. The van der Waals surface area contributed by atoms with Gasteiger partial charge in [0.15, 0.2) is 5.65 Å². The van der Waals surface area contributed by atoms with Crippen LogP contribution in [0.1, 0.15) is 12.8 Å². The molecule has 0 bridgehead atoms. The maximum absolute atomic E-state index is 5.83. The summed E-state index contributed by atoms with van der Waals surface area (Å²) in [4.78, 5) is 8.76. The van der Waals surface area contributed by atoms with Crippen LogP contribution >= 0.6 is 0 Å². The zero-order chi connectivity index (χ0) is 12.4. The number of hydrogen-bond donors (Lipinski definition) is 1. The van der Waals surface area contributed by atoms with E-state index >= 15 is 0 Å². The van der Waals surface area contributed by atoms with E-state index in [0.29, 0.717) is 11.9 Å². The lowest BCUT2D eigenvalue weighted by molar-refractivity contribution is 0.201. The SMILES string of the molecule is Cn1c(OCC2CCCNC2)nc2cccnc21. The average molecular weight is 246 g/mol. The van der Waals surface area contributed by atoms with Crippen molar-refractivity contribution in [3.05, 3.63) is 18.3 Å². The summed E-state index contributed by atoms with van der Waals surface area (Å²) in [7, 11) is 1.94. The van der Waals surface area contributed by atoms with Crippen LogP contribution in [-0.4, -0.2) is 34.2 Å². The zero-order valence-electron chi connectivity index (χ0n) is 10.6. The van der Waals surface area contributed by atoms with E-state index in [1.807, 2.05) is 23.7 Å². The Morgan fingerprint density at radius 3 is 3.28 bits per heavy atom. The molecule has 3 rings (SSSR count). The zero-order valence-corrected chi connectivity index (χ0v) is 10.6. The van der Waals surface area contributed by atoms with E-state index in [9.17, 15) is 0 Å². The summed E-state index contributed by atoms with van der Waals surface area (Å²) in [6.45, 7) is 2.90. The van der Waals surface area contributed by atoms with E-state index in [0.717, 1.165) is 30.9 Å². The largest absolute Gasteiger partial charge is 0.464 e. The molecule has 2 aromatic heterocycles. The van der Waals surface area contributed by atoms with Crippen molar-refractivity contribution in [2.24, 2.45) is 13.0 Å². The minimum absolute atomic E-state index is 0.589. The lowest BCUT2D eigenvalue weighted by Gasteiger charge is -2.22. The number of nitrogens with one attached hydrogen (secondary N) is 1. The molecule has 1 atom stereocenters. The quantitative estimate of drug-likeness (QED) is 0.888. The third-order valence-electron chi connectivity index (χ3n) is 3.43. The number of ether oxygens (including phenoxy) is 1. The van der Waals surface area contributed by atoms with E-state index in [1.54, 1.807) is 6.20 Å². The summed E-state index contributed by atoms with van der Waals surface area (Å²) in [6, 6.07) is 4.51. The summed E-state index contributed by atoms with van der Waals surface area (Å²) >= 11 is 0. The molecule has 0 spiro atoms. The van der Waals surface area contributed by atoms with Crippen LogP contribution in [0, 0.1) is 5.92 Å². The molecule has 5 nitrogen and oxygen atoms in total. The molecule has 2 aromatic rings. The van der Waals surface area contributed by atoms with E-state index in [-0.39, 0.29) is 0 Å². The van der Waals surface area contributed by atoms with Gasteiger partial charge in [-0.25, -0.2) is 4.98 Å². The Balaban J connectivity index is 1.72. The lowest BCUT2D eigenvalue weighted by Crippen LogP contribution is -2.33. The number of aryl methyl sites for hydroxylation is 1. The Hall–Kier alpha value is -1.62. The highest BCUT2D eigenvalue weighted by atomic mass is 16.5. The van der Waals surface area contributed by atoms with Crippen molar-refractivity contribution in [1.82, 2.24) is 19.9 Å². The Morgan fingerprint density at radius 2 is 2.50 bits per heavy atom. The predicted octanol–water partition coefficient (Wildman–Crippen LogP) is 1.35. The van der Waals surface area contributed by atoms with Crippen LogP contribution in [0.15, 0.2) is 18.3 Å². The Bertz CT molecular complexity index is 531. The monoisotopic (exact) mass is 246 g/mol. The van der Waals surface area contributed by atoms with Crippen LogP contribution in [-0.2, 0) is 7.05 Å². The van der Waals surface area contributed by atoms with Crippen molar-refractivity contribution in [2.45, 2.75) is 12.8 Å². The topological polar surface area (TPSA) is 52.0 Å². The summed E-state index contributed by atoms with van der Waals surface area (Å²) < 4.78 is 7.74. The highest BCUT2D eigenvalue weighted by Gasteiger charge is 2.15. The van der Waals surface area contributed by atoms with Crippen LogP contribution in [0.5, 0.6) is 6.01 Å². The van der Waals surface area contributed by atoms with Crippen molar-refractivity contribution in [3.63, 3.8) is 0 Å². The smallest absolute Gasteiger partial charge is 0.298 e. The molecule has 1 aliphatic rings. The van der Waals surface area contributed by atoms with Gasteiger partial charge in [-0.05, 0) is 31.5 Å². The molecule has 96 valence electrons. The number of fused-ring (bicyclic) bond motifs is 1. The van der Waals surface area contributed by atoms with Gasteiger partial charge in [0.05, 0.1) is 6.61 Å². The Morgan fingerprint density at radius 1 is 1.56 bits per heavy atom. The predicted molar refractivity (Wildman–Crippen MR) is 69.6 cm³/mol. The molecule has 0 aliphatic carbocycles. The van der Waals surface area contributed by atoms with E-state index in [2.05, 4.69) is 15.3 Å². The number of nitrogens with zero attached hydrogens (tertiary/aromatic N) is 3. The molecule has 0 radical (unpaired) electrons. The fourth-order valence-corrected chi connectivity index (χ4v) is 2.39. The minimum Gasteiger partial charge on any atom is -0.464 e. The molecule has 1 aliphatic heterocycles. The van der Waals surface area contributed by atoms with Crippen molar-refractivity contribution < 1.29 is 4.74 Å². The standard InChI is InChI=1S/C13H18N4O/c1-17-12-11(5-3-7-15-12)16-13(17)18-9-10-4-2-6-14-8-10/h3,5,7,10,14H,2,4,6,8-9H2,1H3. The van der Waals surface area contributed by atoms with Gasteiger partial charge < -0.3 is 10.1 Å². The fraction of sp³-hybridized carbons (Fsp3) is 0.538. The van der Waals surface area contributed by atoms with Crippen molar-refractivity contribution in [3.8, 4) is 6.01 Å². The molecule has 5 heteroatoms. The number of pyridine rings is 1. The van der Waals surface area contributed by atoms with Crippen molar-refractivity contribution in [1.29, 1.82) is 0 Å². The minimum atomic E-state index is 0.589. The highest BCUT2D eigenvalue weighted by Crippen LogP contribution is 2.19. The normalized spacial score (nSPS) is 20.2. The first-order valence-corrected chi connectivity index (χ1v) is 6.45. The molecule has 1 saturated heterocycles. The first-order chi connectivity index (χ1) is 8.84. The van der Waals surface area contributed by atoms with Gasteiger partial charge in [-0.2, -0.15) is 4.98 Å². The number of hydrogen-bond acceptors (Lipinski definition) is 4. The summed E-state index contributed by atoms with van der Waals surface area (Å²) in [6.07, 6.45) is 4.24. The van der Waals surface area contributed by atoms with Gasteiger partial charge in [0.2, 0.25) is 0 Å². The Kier molecular flexibility index (Phi) is 3.15. The number of piperidine rings is 1. The second-order valence-corrected chi connectivity index (χ2v) is 4.82. The van der Waals surface area contributed by atoms with Crippen LogP contribution in [0.25, 0.3) is 11.2 Å². The maximum atomic E-state index is 5.83. The van der Waals surface area contributed by atoms with Crippen molar-refractivity contribution >= 4 is 11.2 Å². The number of aromatic nitrogens is 3. The molecule has 0 aromatic carbocycles. The number of imidazole rings is 1. The number of rotatable bonds is 3. The van der Waals surface area contributed by atoms with Gasteiger partial charge in [-0.15, -0.1) is 0 Å². The van der Waals surface area contributed by atoms with E-state index in [4.69, 9.17) is 4.74 Å². The second-order valence-electron chi connectivity index (χ2n) is 4.82. The van der Waals surface area contributed by atoms with E-state index in [1.165, 1.54) is 12.8 Å². The van der Waals surface area contributed by atoms with Gasteiger partial charge in [0.25, 0.3) is 6.01 Å². The van der Waals surface area contributed by atoms with Crippen LogP contribution in [0.4, 0.5) is 0 Å². The van der Waals surface area contributed by atoms with Gasteiger partial charge in [-0.3, -0.25) is 4.57 Å². The average Bonchev–Trinajstić information content (AvgIpc) is 2.75. The fourth-order valence-electron chi connectivity index (χ4n) is 2.39. The second kappa shape index (κ2) is 4.94. The Labute approximate surface area is 106 Å². The van der Waals surface area contributed by atoms with Gasteiger partial charge in [0.1, 0.15) is 5.52 Å². The molecule has 1 fully saturated rings. The molecule has 1 unspecified atom stereocenters. The maximum Gasteiger partial charge on any atom is 0.298 e. The van der Waals surface area contributed by atoms with Crippen LogP contribution in [0.3, 0.4) is 0 Å². The first kappa shape index (κ1) is 11.5. The van der Waals surface area contributed by atoms with Crippen molar-refractivity contribution in [2.75, 3.05) is 19.7 Å². The summed E-state index contributed by atoms with van der Waals surface area (Å²) in [5, 5.41) is 3.39. The molecule has 18 heavy (non-hydrogen) atoms. The van der Waals surface area contributed by atoms with Gasteiger partial charge in [0, 0.05) is 25.7 Å².